The molecule has 0 spiro atoms. The Morgan fingerprint density at radius 1 is 1.55 bits per heavy atom. The first-order chi connectivity index (χ1) is 5.00. The van der Waals surface area contributed by atoms with Gasteiger partial charge in [0.05, 0.1) is 12.0 Å². The Balaban J connectivity index is 4.55. The van der Waals surface area contributed by atoms with Gasteiger partial charge in [-0.3, -0.25) is 0 Å². The molecule has 0 atom stereocenters. The Labute approximate surface area is 64.7 Å². The summed E-state index contributed by atoms with van der Waals surface area (Å²) in [6.45, 7) is 3.38. The molecule has 0 saturated carbocycles. The van der Waals surface area contributed by atoms with Crippen LogP contribution in [-0.4, -0.2) is 21.9 Å². The zero-order valence-corrected chi connectivity index (χ0v) is 6.46. The molecule has 0 amide bonds. The van der Waals surface area contributed by atoms with Gasteiger partial charge in [-0.15, -0.1) is 0 Å². The first-order valence-corrected chi connectivity index (χ1v) is 3.17. The van der Waals surface area contributed by atoms with Gasteiger partial charge in [-0.25, -0.2) is 4.79 Å². The molecule has 0 unspecified atom stereocenters. The van der Waals surface area contributed by atoms with Gasteiger partial charge in [0.25, 0.3) is 0 Å². The van der Waals surface area contributed by atoms with Gasteiger partial charge < -0.3 is 15.6 Å². The van der Waals surface area contributed by atoms with Gasteiger partial charge in [-0.05, 0) is 5.92 Å². The molecule has 0 saturated heterocycles. The number of nitrogens with one attached hydrogen (secondary N) is 1. The molecule has 0 aliphatic rings. The number of aliphatic hydroxyl groups is 1. The molecule has 0 aliphatic heterocycles. The van der Waals surface area contributed by atoms with E-state index in [1.54, 1.807) is 13.8 Å². The molecule has 3 N–H and O–H groups in total. The van der Waals surface area contributed by atoms with Crippen LogP contribution in [0.15, 0.2) is 11.8 Å². The van der Waals surface area contributed by atoms with E-state index >= 15 is 0 Å². The highest BCUT2D eigenvalue weighted by molar-refractivity contribution is 6.18. The number of carboxylic acid groups (broad SMARTS) is 1. The topological polar surface area (TPSA) is 81.4 Å². The fraction of sp³-hybridized carbons (Fsp3) is 0.429. The molecule has 62 valence electrons. The predicted molar refractivity (Wildman–Crippen MR) is 40.9 cm³/mol. The number of aliphatic hydroxyl groups excluding tert-OH is 1. The van der Waals surface area contributed by atoms with Crippen molar-refractivity contribution in [2.45, 2.75) is 13.8 Å². The smallest absolute Gasteiger partial charge is 0.340 e. The molecule has 0 fully saturated rings. The molecule has 0 aliphatic carbocycles. The third-order valence-corrected chi connectivity index (χ3v) is 1.23. The van der Waals surface area contributed by atoms with Crippen LogP contribution in [0, 0.1) is 11.3 Å². The van der Waals surface area contributed by atoms with Crippen LogP contribution in [0.4, 0.5) is 0 Å². The lowest BCUT2D eigenvalue weighted by Crippen LogP contribution is -2.16. The Morgan fingerprint density at radius 3 is 2.09 bits per heavy atom. The summed E-state index contributed by atoms with van der Waals surface area (Å²) >= 11 is 0. The lowest BCUT2D eigenvalue weighted by atomic mass is 10.0. The van der Waals surface area contributed by atoms with Crippen LogP contribution in [0.1, 0.15) is 13.8 Å². The molecule has 11 heavy (non-hydrogen) atoms. The molecule has 0 heterocycles. The second-order valence-electron chi connectivity index (χ2n) is 2.42. The van der Waals surface area contributed by atoms with Crippen LogP contribution in [0.25, 0.3) is 0 Å². The van der Waals surface area contributed by atoms with Crippen molar-refractivity contribution >= 4 is 11.7 Å². The fourth-order valence-corrected chi connectivity index (χ4v) is 0.551. The summed E-state index contributed by atoms with van der Waals surface area (Å²) in [5, 5.41) is 24.1. The van der Waals surface area contributed by atoms with Crippen molar-refractivity contribution in [3.63, 3.8) is 0 Å². The third kappa shape index (κ3) is 2.41. The van der Waals surface area contributed by atoms with Crippen LogP contribution in [-0.2, 0) is 4.79 Å². The molecule has 0 radical (unpaired) electrons. The number of hydrogen-bond acceptors (Lipinski definition) is 3. The van der Waals surface area contributed by atoms with E-state index in [9.17, 15) is 4.79 Å². The first kappa shape index (κ1) is 9.68. The maximum absolute atomic E-state index is 10.3. The molecule has 0 aromatic heterocycles. The molecule has 4 heteroatoms. The average Bonchev–Trinajstić information content (AvgIpc) is 1.88. The summed E-state index contributed by atoms with van der Waals surface area (Å²) in [5.41, 5.74) is -0.417. The number of carboxylic acids is 1. The minimum Gasteiger partial charge on any atom is -0.515 e. The summed E-state index contributed by atoms with van der Waals surface area (Å²) < 4.78 is 0. The molecule has 0 aromatic carbocycles. The standard InChI is InChI=1S/C7H11NO3/c1-4(2)6(8)5(3-9)7(10)11/h3-4,8-9H,1-2H3,(H,10,11)/b5-3+,8-6?. The summed E-state index contributed by atoms with van der Waals surface area (Å²) in [7, 11) is 0. The number of rotatable bonds is 3. The molecule has 0 rings (SSSR count). The van der Waals surface area contributed by atoms with Crippen molar-refractivity contribution in [1.29, 1.82) is 5.41 Å². The monoisotopic (exact) mass is 157 g/mol. The zero-order valence-electron chi connectivity index (χ0n) is 6.46. The van der Waals surface area contributed by atoms with E-state index in [-0.39, 0.29) is 17.2 Å². The minimum absolute atomic E-state index is 0.0694. The Kier molecular flexibility index (Phi) is 3.30. The van der Waals surface area contributed by atoms with E-state index in [2.05, 4.69) is 0 Å². The van der Waals surface area contributed by atoms with Crippen molar-refractivity contribution in [3.8, 4) is 0 Å². The van der Waals surface area contributed by atoms with Crippen molar-refractivity contribution in [1.82, 2.24) is 0 Å². The van der Waals surface area contributed by atoms with Crippen LogP contribution in [0.2, 0.25) is 0 Å². The van der Waals surface area contributed by atoms with Crippen LogP contribution < -0.4 is 0 Å². The maximum Gasteiger partial charge on any atom is 0.340 e. The van der Waals surface area contributed by atoms with Crippen LogP contribution >= 0.6 is 0 Å². The van der Waals surface area contributed by atoms with Gasteiger partial charge >= 0.3 is 5.97 Å². The maximum atomic E-state index is 10.3. The number of hydrogen-bond donors (Lipinski definition) is 3. The predicted octanol–water partition coefficient (Wildman–Crippen LogP) is 1.19. The van der Waals surface area contributed by atoms with Crippen molar-refractivity contribution in [2.75, 3.05) is 0 Å². The second kappa shape index (κ2) is 3.75. The zero-order chi connectivity index (χ0) is 9.02. The lowest BCUT2D eigenvalue weighted by molar-refractivity contribution is -0.132. The second-order valence-corrected chi connectivity index (χ2v) is 2.42. The highest BCUT2D eigenvalue weighted by Crippen LogP contribution is 2.05. The summed E-state index contributed by atoms with van der Waals surface area (Å²) in [4.78, 5) is 10.3. The van der Waals surface area contributed by atoms with Crippen LogP contribution in [0.3, 0.4) is 0 Å². The number of aliphatic carboxylic acids is 1. The molecule has 0 aromatic rings. The molecular weight excluding hydrogens is 146 g/mol. The third-order valence-electron chi connectivity index (χ3n) is 1.23. The van der Waals surface area contributed by atoms with E-state index in [1.165, 1.54) is 0 Å². The minimum atomic E-state index is -1.27. The summed E-state index contributed by atoms with van der Waals surface area (Å²) in [5.74, 6) is -1.46. The van der Waals surface area contributed by atoms with Gasteiger partial charge in [0, 0.05) is 0 Å². The van der Waals surface area contributed by atoms with Crippen LogP contribution in [0.5, 0.6) is 0 Å². The van der Waals surface area contributed by atoms with Crippen molar-refractivity contribution in [3.05, 3.63) is 11.8 Å². The van der Waals surface area contributed by atoms with E-state index in [1.807, 2.05) is 0 Å². The summed E-state index contributed by atoms with van der Waals surface area (Å²) in [6.07, 6.45) is 0.449. The van der Waals surface area contributed by atoms with Gasteiger partial charge in [-0.2, -0.15) is 0 Å². The Hall–Kier alpha value is -1.32. The first-order valence-electron chi connectivity index (χ1n) is 3.17. The molecule has 0 bridgehead atoms. The summed E-state index contributed by atoms with van der Waals surface area (Å²) in [6, 6.07) is 0. The largest absolute Gasteiger partial charge is 0.515 e. The van der Waals surface area contributed by atoms with Gasteiger partial charge in [0.1, 0.15) is 5.57 Å². The van der Waals surface area contributed by atoms with Gasteiger partial charge in [-0.1, -0.05) is 13.8 Å². The molecular formula is C7H11NO3. The lowest BCUT2D eigenvalue weighted by Gasteiger charge is -2.05. The average molecular weight is 157 g/mol. The van der Waals surface area contributed by atoms with Crippen molar-refractivity contribution < 1.29 is 15.0 Å². The van der Waals surface area contributed by atoms with Gasteiger partial charge in [0.15, 0.2) is 0 Å². The molecule has 4 nitrogen and oxygen atoms in total. The van der Waals surface area contributed by atoms with E-state index in [0.717, 1.165) is 0 Å². The SMILES string of the molecule is CC(C)C(=N)/C(=C\O)C(=O)O. The van der Waals surface area contributed by atoms with E-state index in [4.69, 9.17) is 15.6 Å². The van der Waals surface area contributed by atoms with Gasteiger partial charge in [0.2, 0.25) is 0 Å². The van der Waals surface area contributed by atoms with E-state index in [0.29, 0.717) is 6.26 Å². The van der Waals surface area contributed by atoms with Crippen molar-refractivity contribution in [2.24, 2.45) is 5.92 Å². The fourth-order valence-electron chi connectivity index (χ4n) is 0.551. The normalized spacial score (nSPS) is 11.7. The Bertz CT molecular complexity index is 206. The highest BCUT2D eigenvalue weighted by atomic mass is 16.4. The number of carbonyl (C=O) groups is 1. The quantitative estimate of drug-likeness (QED) is 0.327. The Morgan fingerprint density at radius 2 is 2.00 bits per heavy atom. The highest BCUT2D eigenvalue weighted by Gasteiger charge is 2.15. The van der Waals surface area contributed by atoms with E-state index < -0.39 is 5.97 Å².